The first kappa shape index (κ1) is 14.4. The van der Waals surface area contributed by atoms with Crippen LogP contribution in [0, 0.1) is 0 Å². The number of nitrogens with one attached hydrogen (secondary N) is 1. The van der Waals surface area contributed by atoms with E-state index in [0.29, 0.717) is 5.82 Å². The van der Waals surface area contributed by atoms with Crippen LogP contribution in [0.15, 0.2) is 12.4 Å². The van der Waals surface area contributed by atoms with Crippen LogP contribution in [0.2, 0.25) is 0 Å². The molecule has 0 fully saturated rings. The van der Waals surface area contributed by atoms with Crippen molar-refractivity contribution >= 4 is 11.8 Å². The summed E-state index contributed by atoms with van der Waals surface area (Å²) in [7, 11) is 1.29. The van der Waals surface area contributed by atoms with Crippen molar-refractivity contribution in [3.8, 4) is 0 Å². The minimum absolute atomic E-state index is 0.0143. The molecule has 0 radical (unpaired) electrons. The fourth-order valence-electron chi connectivity index (χ4n) is 1.56. The minimum Gasteiger partial charge on any atom is -0.464 e. The van der Waals surface area contributed by atoms with Gasteiger partial charge in [-0.05, 0) is 12.8 Å². The average Bonchev–Trinajstić information content (AvgIpc) is 2.45. The van der Waals surface area contributed by atoms with E-state index in [1.165, 1.54) is 19.5 Å². The number of ether oxygens (including phenoxy) is 1. The Labute approximate surface area is 106 Å². The van der Waals surface area contributed by atoms with Gasteiger partial charge in [0.1, 0.15) is 5.82 Å². The number of carbonyl (C=O) groups excluding carboxylic acids is 1. The highest BCUT2D eigenvalue weighted by atomic mass is 16.5. The Hall–Kier alpha value is -1.69. The van der Waals surface area contributed by atoms with E-state index in [2.05, 4.69) is 20.0 Å². The molecule has 0 aliphatic rings. The van der Waals surface area contributed by atoms with Crippen molar-refractivity contribution in [2.75, 3.05) is 19.0 Å². The van der Waals surface area contributed by atoms with Gasteiger partial charge >= 0.3 is 5.97 Å². The highest BCUT2D eigenvalue weighted by Gasteiger charge is 2.25. The molecule has 1 heterocycles. The van der Waals surface area contributed by atoms with Gasteiger partial charge in [0.05, 0.1) is 31.6 Å². The molecule has 6 heteroatoms. The van der Waals surface area contributed by atoms with Crippen LogP contribution in [0.4, 0.5) is 5.82 Å². The van der Waals surface area contributed by atoms with Crippen molar-refractivity contribution in [1.29, 1.82) is 0 Å². The number of anilines is 1. The molecule has 1 aromatic heterocycles. The normalized spacial score (nSPS) is 11.1. The fraction of sp³-hybridized carbons (Fsp3) is 0.583. The number of esters is 1. The van der Waals surface area contributed by atoms with E-state index in [9.17, 15) is 9.90 Å². The largest absolute Gasteiger partial charge is 0.464 e. The van der Waals surface area contributed by atoms with Crippen molar-refractivity contribution < 1.29 is 14.6 Å². The Morgan fingerprint density at radius 1 is 1.39 bits per heavy atom. The summed E-state index contributed by atoms with van der Waals surface area (Å²) < 4.78 is 4.54. The van der Waals surface area contributed by atoms with Crippen molar-refractivity contribution in [3.05, 3.63) is 18.1 Å². The van der Waals surface area contributed by atoms with E-state index in [1.54, 1.807) is 0 Å². The van der Waals surface area contributed by atoms with Gasteiger partial charge in [0.15, 0.2) is 5.69 Å². The molecule has 6 nitrogen and oxygen atoms in total. The molecule has 0 aromatic carbocycles. The number of aliphatic hydroxyl groups is 1. The van der Waals surface area contributed by atoms with Gasteiger partial charge in [-0.3, -0.25) is 0 Å². The lowest BCUT2D eigenvalue weighted by atomic mass is 9.94. The number of aliphatic hydroxyl groups excluding tert-OH is 1. The molecular weight excluding hydrogens is 234 g/mol. The van der Waals surface area contributed by atoms with Crippen LogP contribution in [0.5, 0.6) is 0 Å². The summed E-state index contributed by atoms with van der Waals surface area (Å²) in [6.07, 6.45) is 4.34. The smallest absolute Gasteiger partial charge is 0.358 e. The molecule has 0 atom stereocenters. The van der Waals surface area contributed by atoms with Gasteiger partial charge in [0, 0.05) is 0 Å². The predicted octanol–water partition coefficient (Wildman–Crippen LogP) is 1.23. The molecule has 0 aliphatic carbocycles. The molecule has 0 spiro atoms. The topological polar surface area (TPSA) is 84.3 Å². The van der Waals surface area contributed by atoms with Crippen LogP contribution in [0.25, 0.3) is 0 Å². The highest BCUT2D eigenvalue weighted by molar-refractivity contribution is 5.86. The van der Waals surface area contributed by atoms with E-state index < -0.39 is 11.5 Å². The maximum Gasteiger partial charge on any atom is 0.358 e. The SMILES string of the molecule is CCC(CC)(CO)Nc1cnc(C(=O)OC)cn1. The van der Waals surface area contributed by atoms with Gasteiger partial charge < -0.3 is 15.2 Å². The standard InChI is InChI=1S/C12H19N3O3/c1-4-12(5-2,8-16)15-10-7-13-9(6-14-10)11(17)18-3/h6-7,16H,4-5,8H2,1-3H3,(H,14,15). The van der Waals surface area contributed by atoms with Crippen LogP contribution < -0.4 is 5.32 Å². The number of carbonyl (C=O) groups is 1. The zero-order valence-corrected chi connectivity index (χ0v) is 10.9. The van der Waals surface area contributed by atoms with Gasteiger partial charge in [-0.1, -0.05) is 13.8 Å². The van der Waals surface area contributed by atoms with E-state index in [1.807, 2.05) is 13.8 Å². The summed E-state index contributed by atoms with van der Waals surface area (Å²) in [4.78, 5) is 19.2. The van der Waals surface area contributed by atoms with Gasteiger partial charge in [-0.15, -0.1) is 0 Å². The number of nitrogens with zero attached hydrogens (tertiary/aromatic N) is 2. The van der Waals surface area contributed by atoms with E-state index in [0.717, 1.165) is 12.8 Å². The molecule has 100 valence electrons. The maximum atomic E-state index is 11.2. The third-order valence-corrected chi connectivity index (χ3v) is 3.10. The van der Waals surface area contributed by atoms with Gasteiger partial charge in [0.2, 0.25) is 0 Å². The second kappa shape index (κ2) is 6.30. The molecule has 18 heavy (non-hydrogen) atoms. The van der Waals surface area contributed by atoms with Gasteiger partial charge in [-0.2, -0.15) is 0 Å². The Bertz CT molecular complexity index is 380. The molecule has 0 aliphatic heterocycles. The summed E-state index contributed by atoms with van der Waals surface area (Å²) in [6.45, 7) is 3.99. The fourth-order valence-corrected chi connectivity index (χ4v) is 1.56. The van der Waals surface area contributed by atoms with Gasteiger partial charge in [0.25, 0.3) is 0 Å². The first-order valence-corrected chi connectivity index (χ1v) is 5.90. The zero-order chi connectivity index (χ0) is 13.6. The lowest BCUT2D eigenvalue weighted by Gasteiger charge is -2.31. The number of hydrogen-bond donors (Lipinski definition) is 2. The molecule has 2 N–H and O–H groups in total. The van der Waals surface area contributed by atoms with E-state index >= 15 is 0 Å². The molecule has 0 unspecified atom stereocenters. The summed E-state index contributed by atoms with van der Waals surface area (Å²) >= 11 is 0. The van der Waals surface area contributed by atoms with Crippen LogP contribution in [0.1, 0.15) is 37.2 Å². The van der Waals surface area contributed by atoms with Crippen molar-refractivity contribution in [3.63, 3.8) is 0 Å². The lowest BCUT2D eigenvalue weighted by Crippen LogP contribution is -2.41. The Kier molecular flexibility index (Phi) is 5.03. The van der Waals surface area contributed by atoms with Crippen molar-refractivity contribution in [2.45, 2.75) is 32.2 Å². The number of hydrogen-bond acceptors (Lipinski definition) is 6. The van der Waals surface area contributed by atoms with Crippen LogP contribution in [0.3, 0.4) is 0 Å². The average molecular weight is 253 g/mol. The van der Waals surface area contributed by atoms with Crippen molar-refractivity contribution in [2.24, 2.45) is 0 Å². The number of rotatable bonds is 6. The zero-order valence-electron chi connectivity index (χ0n) is 10.9. The number of methoxy groups -OCH3 is 1. The molecule has 0 amide bonds. The third-order valence-electron chi connectivity index (χ3n) is 3.10. The summed E-state index contributed by atoms with van der Waals surface area (Å²) in [6, 6.07) is 0. The molecule has 1 rings (SSSR count). The summed E-state index contributed by atoms with van der Waals surface area (Å²) in [5, 5.41) is 12.6. The summed E-state index contributed by atoms with van der Waals surface area (Å²) in [5.74, 6) is 0.00820. The molecular formula is C12H19N3O3. The molecule has 0 saturated heterocycles. The first-order chi connectivity index (χ1) is 8.60. The predicted molar refractivity (Wildman–Crippen MR) is 67.4 cm³/mol. The monoisotopic (exact) mass is 253 g/mol. The third kappa shape index (κ3) is 3.16. The summed E-state index contributed by atoms with van der Waals surface area (Å²) in [5.41, 5.74) is -0.243. The minimum atomic E-state index is -0.520. The lowest BCUT2D eigenvalue weighted by molar-refractivity contribution is 0.0593. The second-order valence-electron chi connectivity index (χ2n) is 4.05. The first-order valence-electron chi connectivity index (χ1n) is 5.90. The van der Waals surface area contributed by atoms with Crippen molar-refractivity contribution in [1.82, 2.24) is 9.97 Å². The highest BCUT2D eigenvalue weighted by Crippen LogP contribution is 2.19. The Morgan fingerprint density at radius 3 is 2.44 bits per heavy atom. The van der Waals surface area contributed by atoms with Crippen LogP contribution >= 0.6 is 0 Å². The number of aromatic nitrogens is 2. The van der Waals surface area contributed by atoms with E-state index in [-0.39, 0.29) is 12.3 Å². The Balaban J connectivity index is 2.83. The van der Waals surface area contributed by atoms with E-state index in [4.69, 9.17) is 0 Å². The molecule has 0 bridgehead atoms. The van der Waals surface area contributed by atoms with Gasteiger partial charge in [-0.25, -0.2) is 14.8 Å². The maximum absolute atomic E-state index is 11.2. The second-order valence-corrected chi connectivity index (χ2v) is 4.05. The van der Waals surface area contributed by atoms with Crippen LogP contribution in [-0.2, 0) is 4.74 Å². The quantitative estimate of drug-likeness (QED) is 0.742. The molecule has 0 saturated carbocycles. The van der Waals surface area contributed by atoms with Crippen LogP contribution in [-0.4, -0.2) is 40.3 Å². The molecule has 1 aromatic rings. The Morgan fingerprint density at radius 2 is 2.06 bits per heavy atom.